The van der Waals surface area contributed by atoms with Gasteiger partial charge in [-0.3, -0.25) is 9.59 Å². The van der Waals surface area contributed by atoms with E-state index in [9.17, 15) is 9.59 Å². The van der Waals surface area contributed by atoms with Crippen LogP contribution in [0.4, 0.5) is 11.4 Å². The summed E-state index contributed by atoms with van der Waals surface area (Å²) in [5.74, 6) is 0.892. The minimum absolute atomic E-state index is 0.0257. The first-order valence-electron chi connectivity index (χ1n) is 12.2. The summed E-state index contributed by atoms with van der Waals surface area (Å²) >= 11 is 5.93. The highest BCUT2D eigenvalue weighted by molar-refractivity contribution is 6.30. The van der Waals surface area contributed by atoms with Gasteiger partial charge in [-0.25, -0.2) is 0 Å². The second kappa shape index (κ2) is 11.5. The van der Waals surface area contributed by atoms with Crippen molar-refractivity contribution in [2.24, 2.45) is 0 Å². The number of halogens is 1. The fourth-order valence-corrected chi connectivity index (χ4v) is 4.41. The predicted octanol–water partition coefficient (Wildman–Crippen LogP) is 5.75. The molecule has 188 valence electrons. The van der Waals surface area contributed by atoms with Gasteiger partial charge in [-0.1, -0.05) is 37.6 Å². The van der Waals surface area contributed by atoms with Crippen LogP contribution in [0.15, 0.2) is 66.7 Å². The molecular weight excluding hydrogens is 474 g/mol. The number of benzene rings is 3. The number of ether oxygens (including phenoxy) is 1. The van der Waals surface area contributed by atoms with Gasteiger partial charge in [0.2, 0.25) is 0 Å². The van der Waals surface area contributed by atoms with Crippen LogP contribution in [-0.4, -0.2) is 49.5 Å². The molecule has 0 bridgehead atoms. The standard InChI is InChI=1S/C29H32ClN3O3/c1-20(2)26-13-4-21(3)18-27(26)36-19-28(34)31-24-9-11-25(12-10-24)32-14-16-33(17-15-32)29(35)22-5-7-23(30)8-6-22/h4-13,18,20H,14-17,19H2,1-3H3,(H,31,34). The number of nitrogens with one attached hydrogen (secondary N) is 1. The highest BCUT2D eigenvalue weighted by Gasteiger charge is 2.22. The van der Waals surface area contributed by atoms with Gasteiger partial charge < -0.3 is 19.9 Å². The van der Waals surface area contributed by atoms with Crippen LogP contribution in [0.2, 0.25) is 5.02 Å². The lowest BCUT2D eigenvalue weighted by atomic mass is 10.0. The highest BCUT2D eigenvalue weighted by Crippen LogP contribution is 2.27. The third kappa shape index (κ3) is 6.38. The van der Waals surface area contributed by atoms with E-state index in [1.807, 2.05) is 42.2 Å². The summed E-state index contributed by atoms with van der Waals surface area (Å²) in [6.45, 7) is 8.96. The minimum Gasteiger partial charge on any atom is -0.483 e. The summed E-state index contributed by atoms with van der Waals surface area (Å²) in [7, 11) is 0. The maximum atomic E-state index is 12.7. The van der Waals surface area contributed by atoms with Crippen LogP contribution in [-0.2, 0) is 4.79 Å². The number of rotatable bonds is 7. The quantitative estimate of drug-likeness (QED) is 0.444. The summed E-state index contributed by atoms with van der Waals surface area (Å²) in [6.07, 6.45) is 0. The van der Waals surface area contributed by atoms with Crippen LogP contribution in [0.3, 0.4) is 0 Å². The summed E-state index contributed by atoms with van der Waals surface area (Å²) in [5, 5.41) is 3.53. The van der Waals surface area contributed by atoms with E-state index >= 15 is 0 Å². The van der Waals surface area contributed by atoms with Gasteiger partial charge in [-0.2, -0.15) is 0 Å². The molecule has 0 spiro atoms. The van der Waals surface area contributed by atoms with Gasteiger partial charge in [-0.15, -0.1) is 0 Å². The zero-order chi connectivity index (χ0) is 25.7. The fraction of sp³-hybridized carbons (Fsp3) is 0.310. The van der Waals surface area contributed by atoms with Crippen LogP contribution in [0.1, 0.15) is 41.3 Å². The largest absolute Gasteiger partial charge is 0.483 e. The van der Waals surface area contributed by atoms with Crippen LogP contribution in [0.25, 0.3) is 0 Å². The van der Waals surface area contributed by atoms with Crippen molar-refractivity contribution in [2.45, 2.75) is 26.7 Å². The number of piperazine rings is 1. The molecule has 4 rings (SSSR count). The molecule has 36 heavy (non-hydrogen) atoms. The molecule has 0 aromatic heterocycles. The lowest BCUT2D eigenvalue weighted by molar-refractivity contribution is -0.118. The molecule has 1 fully saturated rings. The van der Waals surface area contributed by atoms with Gasteiger partial charge in [-0.05, 0) is 78.6 Å². The van der Waals surface area contributed by atoms with Gasteiger partial charge in [0, 0.05) is 48.1 Å². The first-order valence-corrected chi connectivity index (χ1v) is 12.6. The molecule has 0 radical (unpaired) electrons. The van der Waals surface area contributed by atoms with E-state index in [1.165, 1.54) is 0 Å². The molecule has 2 amide bonds. The Bertz CT molecular complexity index is 1200. The van der Waals surface area contributed by atoms with Crippen molar-refractivity contribution in [3.8, 4) is 5.75 Å². The highest BCUT2D eigenvalue weighted by atomic mass is 35.5. The number of nitrogens with zero attached hydrogens (tertiary/aromatic N) is 2. The second-order valence-electron chi connectivity index (χ2n) is 9.37. The average molecular weight is 506 g/mol. The molecule has 1 aliphatic heterocycles. The van der Waals surface area contributed by atoms with Crippen molar-refractivity contribution >= 4 is 34.8 Å². The van der Waals surface area contributed by atoms with Crippen LogP contribution in [0, 0.1) is 6.92 Å². The molecule has 6 nitrogen and oxygen atoms in total. The Kier molecular flexibility index (Phi) is 8.16. The zero-order valence-electron chi connectivity index (χ0n) is 21.0. The maximum absolute atomic E-state index is 12.7. The number of aryl methyl sites for hydroxylation is 1. The summed E-state index contributed by atoms with van der Waals surface area (Å²) in [4.78, 5) is 29.3. The molecule has 0 saturated carbocycles. The lowest BCUT2D eigenvalue weighted by Gasteiger charge is -2.36. The van der Waals surface area contributed by atoms with Crippen molar-refractivity contribution in [2.75, 3.05) is 43.0 Å². The Labute approximate surface area is 217 Å². The topological polar surface area (TPSA) is 61.9 Å². The van der Waals surface area contributed by atoms with E-state index in [0.717, 1.165) is 41.3 Å². The normalized spacial score (nSPS) is 13.6. The van der Waals surface area contributed by atoms with Gasteiger partial charge in [0.25, 0.3) is 11.8 Å². The third-order valence-electron chi connectivity index (χ3n) is 6.32. The SMILES string of the molecule is Cc1ccc(C(C)C)c(OCC(=O)Nc2ccc(N3CCN(C(=O)c4ccc(Cl)cc4)CC3)cc2)c1. The van der Waals surface area contributed by atoms with E-state index in [-0.39, 0.29) is 18.4 Å². The van der Waals surface area contributed by atoms with E-state index in [0.29, 0.717) is 29.6 Å². The Balaban J connectivity index is 1.27. The van der Waals surface area contributed by atoms with Crippen LogP contribution < -0.4 is 15.0 Å². The van der Waals surface area contributed by atoms with Crippen molar-refractivity contribution in [1.29, 1.82) is 0 Å². The predicted molar refractivity (Wildman–Crippen MR) is 145 cm³/mol. The lowest BCUT2D eigenvalue weighted by Crippen LogP contribution is -2.48. The van der Waals surface area contributed by atoms with Crippen LogP contribution >= 0.6 is 11.6 Å². The van der Waals surface area contributed by atoms with Crippen molar-refractivity contribution in [1.82, 2.24) is 4.90 Å². The monoisotopic (exact) mass is 505 g/mol. The Morgan fingerprint density at radius 3 is 2.25 bits per heavy atom. The van der Waals surface area contributed by atoms with Crippen LogP contribution in [0.5, 0.6) is 5.75 Å². The smallest absolute Gasteiger partial charge is 0.262 e. The molecule has 1 heterocycles. The first kappa shape index (κ1) is 25.6. The first-order chi connectivity index (χ1) is 17.3. The molecule has 1 aliphatic rings. The van der Waals surface area contributed by atoms with E-state index in [4.69, 9.17) is 16.3 Å². The number of hydrogen-bond acceptors (Lipinski definition) is 4. The fourth-order valence-electron chi connectivity index (χ4n) is 4.28. The van der Waals surface area contributed by atoms with Crippen molar-refractivity contribution in [3.63, 3.8) is 0 Å². The number of hydrogen-bond donors (Lipinski definition) is 1. The molecule has 7 heteroatoms. The number of carbonyl (C=O) groups excluding carboxylic acids is 2. The third-order valence-corrected chi connectivity index (χ3v) is 6.58. The summed E-state index contributed by atoms with van der Waals surface area (Å²) in [6, 6.07) is 20.9. The van der Waals surface area contributed by atoms with Gasteiger partial charge in [0.1, 0.15) is 5.75 Å². The Hall–Kier alpha value is -3.51. The molecule has 3 aromatic carbocycles. The molecule has 0 unspecified atom stereocenters. The second-order valence-corrected chi connectivity index (χ2v) is 9.80. The zero-order valence-corrected chi connectivity index (χ0v) is 21.7. The number of carbonyl (C=O) groups is 2. The van der Waals surface area contributed by atoms with Crippen molar-refractivity contribution < 1.29 is 14.3 Å². The molecule has 1 N–H and O–H groups in total. The van der Waals surface area contributed by atoms with E-state index < -0.39 is 0 Å². The molecule has 0 aliphatic carbocycles. The average Bonchev–Trinajstić information content (AvgIpc) is 2.88. The summed E-state index contributed by atoms with van der Waals surface area (Å²) in [5.41, 5.74) is 4.62. The summed E-state index contributed by atoms with van der Waals surface area (Å²) < 4.78 is 5.84. The molecule has 1 saturated heterocycles. The number of anilines is 2. The molecule has 0 atom stereocenters. The van der Waals surface area contributed by atoms with Crippen molar-refractivity contribution in [3.05, 3.63) is 88.4 Å². The maximum Gasteiger partial charge on any atom is 0.262 e. The Morgan fingerprint density at radius 1 is 0.944 bits per heavy atom. The van der Waals surface area contributed by atoms with E-state index in [2.05, 4.69) is 36.2 Å². The Morgan fingerprint density at radius 2 is 1.61 bits per heavy atom. The number of amides is 2. The van der Waals surface area contributed by atoms with Gasteiger partial charge in [0.05, 0.1) is 0 Å². The van der Waals surface area contributed by atoms with E-state index in [1.54, 1.807) is 24.3 Å². The molecular formula is C29H32ClN3O3. The minimum atomic E-state index is -0.201. The van der Waals surface area contributed by atoms with Gasteiger partial charge >= 0.3 is 0 Å². The van der Waals surface area contributed by atoms with Gasteiger partial charge in [0.15, 0.2) is 6.61 Å². The molecule has 3 aromatic rings.